The van der Waals surface area contributed by atoms with Gasteiger partial charge in [-0.05, 0) is 74.5 Å². The fourth-order valence-corrected chi connectivity index (χ4v) is 5.17. The standard InChI is InChI=1S/C27H37Cl2N3O/c1-22-10-14-30(15-11-22)13-3-21-33-24-8-6-23(7-9-24)12-16-31-17-19-32(20-18-31)26-5-2-4-25(28)27(26)29/h2,4-9,22H,3,10-21H2,1H3. The van der Waals surface area contributed by atoms with E-state index < -0.39 is 0 Å². The summed E-state index contributed by atoms with van der Waals surface area (Å²) in [6, 6.07) is 14.5. The van der Waals surface area contributed by atoms with Gasteiger partial charge in [0.1, 0.15) is 5.75 Å². The lowest BCUT2D eigenvalue weighted by Gasteiger charge is -2.36. The predicted molar refractivity (Wildman–Crippen MR) is 140 cm³/mol. The SMILES string of the molecule is CC1CCN(CCCOc2ccc(CCN3CCN(c4cccc(Cl)c4Cl)CC3)cc2)CC1. The van der Waals surface area contributed by atoms with Crippen LogP contribution in [0, 0.1) is 5.92 Å². The molecule has 2 aliphatic rings. The van der Waals surface area contributed by atoms with E-state index in [9.17, 15) is 0 Å². The van der Waals surface area contributed by atoms with Gasteiger partial charge in [-0.2, -0.15) is 0 Å². The van der Waals surface area contributed by atoms with Gasteiger partial charge in [0.25, 0.3) is 0 Å². The van der Waals surface area contributed by atoms with Gasteiger partial charge >= 0.3 is 0 Å². The van der Waals surface area contributed by atoms with Gasteiger partial charge in [0.05, 0.1) is 22.3 Å². The number of halogens is 2. The minimum absolute atomic E-state index is 0.626. The van der Waals surface area contributed by atoms with Crippen LogP contribution in [0.2, 0.25) is 10.0 Å². The molecule has 0 N–H and O–H groups in total. The van der Waals surface area contributed by atoms with Gasteiger partial charge in [-0.3, -0.25) is 4.90 Å². The van der Waals surface area contributed by atoms with Crippen molar-refractivity contribution >= 4 is 28.9 Å². The Balaban J connectivity index is 1.13. The van der Waals surface area contributed by atoms with Crippen molar-refractivity contribution in [1.29, 1.82) is 0 Å². The van der Waals surface area contributed by atoms with E-state index in [2.05, 4.69) is 52.0 Å². The summed E-state index contributed by atoms with van der Waals surface area (Å²) in [6.45, 7) is 11.9. The Bertz CT molecular complexity index is 860. The summed E-state index contributed by atoms with van der Waals surface area (Å²) < 4.78 is 5.98. The molecular weight excluding hydrogens is 453 g/mol. The van der Waals surface area contributed by atoms with Crippen molar-refractivity contribution in [1.82, 2.24) is 9.80 Å². The van der Waals surface area contributed by atoms with Gasteiger partial charge in [0, 0.05) is 39.3 Å². The Hall–Kier alpha value is -1.46. The van der Waals surface area contributed by atoms with Crippen molar-refractivity contribution < 1.29 is 4.74 Å². The van der Waals surface area contributed by atoms with E-state index in [1.165, 1.54) is 31.5 Å². The number of rotatable bonds is 9. The van der Waals surface area contributed by atoms with Crippen molar-refractivity contribution in [3.63, 3.8) is 0 Å². The van der Waals surface area contributed by atoms with Crippen LogP contribution >= 0.6 is 23.2 Å². The molecule has 2 fully saturated rings. The molecule has 0 saturated carbocycles. The van der Waals surface area contributed by atoms with Gasteiger partial charge in [-0.25, -0.2) is 0 Å². The fourth-order valence-electron chi connectivity index (χ4n) is 4.75. The molecule has 33 heavy (non-hydrogen) atoms. The average Bonchev–Trinajstić information content (AvgIpc) is 2.84. The predicted octanol–water partition coefficient (Wildman–Crippen LogP) is 5.86. The fraction of sp³-hybridized carbons (Fsp3) is 0.556. The van der Waals surface area contributed by atoms with Gasteiger partial charge in [-0.1, -0.05) is 48.3 Å². The van der Waals surface area contributed by atoms with E-state index in [1.807, 2.05) is 12.1 Å². The van der Waals surface area contributed by atoms with Crippen LogP contribution in [0.25, 0.3) is 0 Å². The van der Waals surface area contributed by atoms with Crippen LogP contribution < -0.4 is 9.64 Å². The molecule has 4 nitrogen and oxygen atoms in total. The van der Waals surface area contributed by atoms with Gasteiger partial charge in [0.15, 0.2) is 0 Å². The molecule has 0 aliphatic carbocycles. The minimum atomic E-state index is 0.626. The van der Waals surface area contributed by atoms with Crippen molar-refractivity contribution in [3.05, 3.63) is 58.1 Å². The number of likely N-dealkylation sites (tertiary alicyclic amines) is 1. The molecule has 2 aromatic carbocycles. The molecule has 6 heteroatoms. The van der Waals surface area contributed by atoms with E-state index in [0.29, 0.717) is 10.0 Å². The molecule has 0 aromatic heterocycles. The van der Waals surface area contributed by atoms with Crippen LogP contribution in [-0.4, -0.2) is 68.8 Å². The lowest BCUT2D eigenvalue weighted by molar-refractivity contribution is 0.177. The highest BCUT2D eigenvalue weighted by Gasteiger charge is 2.19. The molecule has 2 aliphatic heterocycles. The molecule has 0 atom stereocenters. The topological polar surface area (TPSA) is 19.0 Å². The number of anilines is 1. The van der Waals surface area contributed by atoms with Gasteiger partial charge in [0.2, 0.25) is 0 Å². The molecular formula is C27H37Cl2N3O. The zero-order valence-electron chi connectivity index (χ0n) is 19.8. The summed E-state index contributed by atoms with van der Waals surface area (Å²) in [4.78, 5) is 7.44. The molecule has 180 valence electrons. The summed E-state index contributed by atoms with van der Waals surface area (Å²) in [7, 11) is 0. The molecule has 4 rings (SSSR count). The van der Waals surface area contributed by atoms with Gasteiger partial charge in [-0.15, -0.1) is 0 Å². The van der Waals surface area contributed by atoms with Crippen molar-refractivity contribution in [3.8, 4) is 5.75 Å². The highest BCUT2D eigenvalue weighted by atomic mass is 35.5. The highest BCUT2D eigenvalue weighted by Crippen LogP contribution is 2.32. The van der Waals surface area contributed by atoms with Crippen molar-refractivity contribution in [2.24, 2.45) is 5.92 Å². The number of piperazine rings is 1. The smallest absolute Gasteiger partial charge is 0.119 e. The van der Waals surface area contributed by atoms with Crippen LogP contribution in [0.5, 0.6) is 5.75 Å². The van der Waals surface area contributed by atoms with Crippen molar-refractivity contribution in [2.45, 2.75) is 32.6 Å². The molecule has 0 radical (unpaired) electrons. The van der Waals surface area contributed by atoms with Crippen LogP contribution in [-0.2, 0) is 6.42 Å². The minimum Gasteiger partial charge on any atom is -0.494 e. The number of piperidine rings is 1. The van der Waals surface area contributed by atoms with E-state index in [4.69, 9.17) is 27.9 Å². The van der Waals surface area contributed by atoms with Crippen LogP contribution in [0.15, 0.2) is 42.5 Å². The third-order valence-electron chi connectivity index (χ3n) is 7.05. The number of ether oxygens (including phenoxy) is 1. The number of benzene rings is 2. The van der Waals surface area contributed by atoms with Crippen LogP contribution in [0.3, 0.4) is 0 Å². The molecule has 0 spiro atoms. The molecule has 2 saturated heterocycles. The Labute approximate surface area is 209 Å². The second-order valence-corrected chi connectivity index (χ2v) is 10.3. The lowest BCUT2D eigenvalue weighted by atomic mass is 9.99. The van der Waals surface area contributed by atoms with Crippen molar-refractivity contribution in [2.75, 3.05) is 63.9 Å². The molecule has 2 heterocycles. The first-order valence-electron chi connectivity index (χ1n) is 12.4. The second kappa shape index (κ2) is 12.3. The molecule has 2 aromatic rings. The summed E-state index contributed by atoms with van der Waals surface area (Å²) in [6.07, 6.45) is 4.84. The number of nitrogens with zero attached hydrogens (tertiary/aromatic N) is 3. The summed E-state index contributed by atoms with van der Waals surface area (Å²) in [5.74, 6) is 1.88. The first kappa shape index (κ1) is 24.7. The third-order valence-corrected chi connectivity index (χ3v) is 7.86. The maximum Gasteiger partial charge on any atom is 0.119 e. The van der Waals surface area contributed by atoms with E-state index in [-0.39, 0.29) is 0 Å². The normalized spacial score (nSPS) is 18.6. The maximum absolute atomic E-state index is 6.40. The second-order valence-electron chi connectivity index (χ2n) is 9.52. The van der Waals surface area contributed by atoms with Crippen LogP contribution in [0.1, 0.15) is 31.7 Å². The van der Waals surface area contributed by atoms with Gasteiger partial charge < -0.3 is 14.5 Å². The summed E-state index contributed by atoms with van der Waals surface area (Å²) >= 11 is 12.6. The maximum atomic E-state index is 6.40. The van der Waals surface area contributed by atoms with E-state index in [1.54, 1.807) is 0 Å². The zero-order chi connectivity index (χ0) is 23.0. The Morgan fingerprint density at radius 1 is 0.848 bits per heavy atom. The Morgan fingerprint density at radius 2 is 1.55 bits per heavy atom. The monoisotopic (exact) mass is 489 g/mol. The molecule has 0 unspecified atom stereocenters. The van der Waals surface area contributed by atoms with Crippen LogP contribution in [0.4, 0.5) is 5.69 Å². The number of hydrogen-bond acceptors (Lipinski definition) is 4. The van der Waals surface area contributed by atoms with E-state index in [0.717, 1.165) is 76.1 Å². The summed E-state index contributed by atoms with van der Waals surface area (Å²) in [5.41, 5.74) is 2.41. The third kappa shape index (κ3) is 7.26. The summed E-state index contributed by atoms with van der Waals surface area (Å²) in [5, 5.41) is 1.29. The molecule has 0 amide bonds. The first-order valence-corrected chi connectivity index (χ1v) is 13.2. The first-order chi connectivity index (χ1) is 16.1. The Kier molecular flexibility index (Phi) is 9.19. The number of hydrogen-bond donors (Lipinski definition) is 0. The molecule has 0 bridgehead atoms. The quantitative estimate of drug-likeness (QED) is 0.410. The lowest BCUT2D eigenvalue weighted by Crippen LogP contribution is -2.47. The van der Waals surface area contributed by atoms with E-state index >= 15 is 0 Å². The Morgan fingerprint density at radius 3 is 2.27 bits per heavy atom. The highest BCUT2D eigenvalue weighted by molar-refractivity contribution is 6.43. The average molecular weight is 491 g/mol. The largest absolute Gasteiger partial charge is 0.494 e. The zero-order valence-corrected chi connectivity index (χ0v) is 21.3.